The largest absolute Gasteiger partial charge is 0.464 e. The van der Waals surface area contributed by atoms with Gasteiger partial charge in [0.05, 0.1) is 6.61 Å². The summed E-state index contributed by atoms with van der Waals surface area (Å²) in [6, 6.07) is 0. The lowest BCUT2D eigenvalue weighted by atomic mass is 10.1. The molecular formula is C19H40O3. The maximum absolute atomic E-state index is 10.8. The number of aliphatic hydroxyl groups excluding tert-OH is 1. The predicted molar refractivity (Wildman–Crippen MR) is 95.1 cm³/mol. The lowest BCUT2D eigenvalue weighted by Crippen LogP contribution is -2.22. The van der Waals surface area contributed by atoms with Gasteiger partial charge in [-0.15, -0.1) is 0 Å². The molecule has 0 aliphatic carbocycles. The van der Waals surface area contributed by atoms with E-state index in [1.807, 2.05) is 6.92 Å². The number of carbonyl (C=O) groups is 1. The Morgan fingerprint density at radius 1 is 0.773 bits per heavy atom. The van der Waals surface area contributed by atoms with E-state index >= 15 is 0 Å². The third kappa shape index (κ3) is 19.4. The Bertz CT molecular complexity index is 209. The second-order valence-corrected chi connectivity index (χ2v) is 5.92. The first-order valence-corrected chi connectivity index (χ1v) is 9.48. The molecule has 1 N–H and O–H groups in total. The number of rotatable bonds is 13. The second-order valence-electron chi connectivity index (χ2n) is 5.92. The summed E-state index contributed by atoms with van der Waals surface area (Å²) < 4.78 is 4.75. The van der Waals surface area contributed by atoms with Crippen LogP contribution in [0.5, 0.6) is 0 Å². The number of unbranched alkanes of at least 4 members (excludes halogenated alkanes) is 9. The van der Waals surface area contributed by atoms with Gasteiger partial charge < -0.3 is 9.84 Å². The molecule has 0 rings (SSSR count). The Morgan fingerprint density at radius 2 is 1.18 bits per heavy atom. The van der Waals surface area contributed by atoms with Crippen LogP contribution >= 0.6 is 0 Å². The van der Waals surface area contributed by atoms with E-state index in [-0.39, 0.29) is 0 Å². The SMILES string of the molecule is CCCCCCCCCCC.CCCCOC(=O)C(O)CC. The van der Waals surface area contributed by atoms with Crippen LogP contribution in [-0.4, -0.2) is 23.8 Å². The van der Waals surface area contributed by atoms with E-state index in [9.17, 15) is 4.79 Å². The van der Waals surface area contributed by atoms with Gasteiger partial charge in [0.2, 0.25) is 0 Å². The molecule has 0 aromatic rings. The fraction of sp³-hybridized carbons (Fsp3) is 0.947. The van der Waals surface area contributed by atoms with E-state index in [0.717, 1.165) is 12.8 Å². The van der Waals surface area contributed by atoms with Crippen LogP contribution in [0.15, 0.2) is 0 Å². The quantitative estimate of drug-likeness (QED) is 0.353. The number of esters is 1. The summed E-state index contributed by atoms with van der Waals surface area (Å²) in [5.41, 5.74) is 0. The molecule has 3 heteroatoms. The minimum Gasteiger partial charge on any atom is -0.464 e. The molecule has 0 spiro atoms. The van der Waals surface area contributed by atoms with Gasteiger partial charge in [-0.05, 0) is 12.8 Å². The summed E-state index contributed by atoms with van der Waals surface area (Å²) in [6.45, 7) is 8.73. The van der Waals surface area contributed by atoms with Crippen molar-refractivity contribution in [2.75, 3.05) is 6.61 Å². The lowest BCUT2D eigenvalue weighted by molar-refractivity contribution is -0.153. The molecule has 134 valence electrons. The summed E-state index contributed by atoms with van der Waals surface area (Å²) in [4.78, 5) is 10.8. The van der Waals surface area contributed by atoms with Crippen molar-refractivity contribution in [1.82, 2.24) is 0 Å². The smallest absolute Gasteiger partial charge is 0.334 e. The van der Waals surface area contributed by atoms with Crippen molar-refractivity contribution in [3.8, 4) is 0 Å². The van der Waals surface area contributed by atoms with E-state index in [1.54, 1.807) is 6.92 Å². The Kier molecular flexibility index (Phi) is 22.0. The average Bonchev–Trinajstić information content (AvgIpc) is 2.54. The molecule has 1 unspecified atom stereocenters. The normalized spacial score (nSPS) is 11.5. The molecule has 0 aliphatic heterocycles. The summed E-state index contributed by atoms with van der Waals surface area (Å²) in [5.74, 6) is -0.499. The van der Waals surface area contributed by atoms with Crippen LogP contribution in [0.2, 0.25) is 0 Å². The number of carbonyl (C=O) groups excluding carboxylic acids is 1. The van der Waals surface area contributed by atoms with Gasteiger partial charge in [0, 0.05) is 0 Å². The van der Waals surface area contributed by atoms with Crippen molar-refractivity contribution in [1.29, 1.82) is 0 Å². The molecular weight excluding hydrogens is 276 g/mol. The first-order valence-electron chi connectivity index (χ1n) is 9.48. The molecule has 0 saturated heterocycles. The van der Waals surface area contributed by atoms with Crippen molar-refractivity contribution < 1.29 is 14.6 Å². The minimum atomic E-state index is -0.938. The standard InChI is InChI=1S/C11H24.C8H16O3/c1-3-5-7-9-11-10-8-6-4-2;1-3-5-6-11-8(10)7(9)4-2/h3-11H2,1-2H3;7,9H,3-6H2,1-2H3. The van der Waals surface area contributed by atoms with E-state index < -0.39 is 12.1 Å². The van der Waals surface area contributed by atoms with Crippen molar-refractivity contribution >= 4 is 5.97 Å². The van der Waals surface area contributed by atoms with Crippen LogP contribution in [-0.2, 0) is 9.53 Å². The highest BCUT2D eigenvalue weighted by Crippen LogP contribution is 2.08. The van der Waals surface area contributed by atoms with Gasteiger partial charge in [-0.2, -0.15) is 0 Å². The molecule has 0 aliphatic rings. The molecule has 0 radical (unpaired) electrons. The highest BCUT2D eigenvalue weighted by molar-refractivity contribution is 5.74. The highest BCUT2D eigenvalue weighted by atomic mass is 16.5. The molecule has 0 amide bonds. The minimum absolute atomic E-state index is 0.422. The Balaban J connectivity index is 0. The third-order valence-corrected chi connectivity index (χ3v) is 3.61. The van der Waals surface area contributed by atoms with Crippen LogP contribution in [0.25, 0.3) is 0 Å². The lowest BCUT2D eigenvalue weighted by Gasteiger charge is -2.07. The van der Waals surface area contributed by atoms with E-state index in [1.165, 1.54) is 57.8 Å². The van der Waals surface area contributed by atoms with E-state index in [2.05, 4.69) is 13.8 Å². The van der Waals surface area contributed by atoms with Gasteiger partial charge in [0.15, 0.2) is 6.10 Å². The zero-order valence-electron chi connectivity index (χ0n) is 15.5. The molecule has 1 atom stereocenters. The van der Waals surface area contributed by atoms with Crippen LogP contribution in [0.4, 0.5) is 0 Å². The maximum Gasteiger partial charge on any atom is 0.334 e. The molecule has 22 heavy (non-hydrogen) atoms. The number of ether oxygens (including phenoxy) is 1. The first kappa shape index (κ1) is 23.7. The predicted octanol–water partition coefficient (Wildman–Crippen LogP) is 5.64. The number of hydrogen-bond donors (Lipinski definition) is 1. The molecule has 0 aromatic heterocycles. The Labute approximate surface area is 138 Å². The summed E-state index contributed by atoms with van der Waals surface area (Å²) >= 11 is 0. The summed E-state index contributed by atoms with van der Waals surface area (Å²) in [7, 11) is 0. The van der Waals surface area contributed by atoms with E-state index in [0.29, 0.717) is 13.0 Å². The molecule has 3 nitrogen and oxygen atoms in total. The molecule has 0 heterocycles. The van der Waals surface area contributed by atoms with Gasteiger partial charge in [-0.3, -0.25) is 0 Å². The van der Waals surface area contributed by atoms with Crippen molar-refractivity contribution in [3.05, 3.63) is 0 Å². The zero-order valence-corrected chi connectivity index (χ0v) is 15.5. The van der Waals surface area contributed by atoms with Gasteiger partial charge in [-0.1, -0.05) is 91.9 Å². The van der Waals surface area contributed by atoms with Crippen LogP contribution in [0, 0.1) is 0 Å². The van der Waals surface area contributed by atoms with Crippen molar-refractivity contribution in [2.45, 2.75) is 111 Å². The molecule has 0 saturated carbocycles. The Morgan fingerprint density at radius 3 is 1.55 bits per heavy atom. The maximum atomic E-state index is 10.8. The van der Waals surface area contributed by atoms with Gasteiger partial charge in [-0.25, -0.2) is 4.79 Å². The number of aliphatic hydroxyl groups is 1. The highest BCUT2D eigenvalue weighted by Gasteiger charge is 2.12. The second kappa shape index (κ2) is 20.4. The fourth-order valence-electron chi connectivity index (χ4n) is 1.96. The van der Waals surface area contributed by atoms with Crippen LogP contribution in [0.3, 0.4) is 0 Å². The van der Waals surface area contributed by atoms with Gasteiger partial charge in [0.25, 0.3) is 0 Å². The van der Waals surface area contributed by atoms with Crippen molar-refractivity contribution in [3.63, 3.8) is 0 Å². The van der Waals surface area contributed by atoms with Gasteiger partial charge >= 0.3 is 5.97 Å². The molecule has 0 aromatic carbocycles. The number of hydrogen-bond acceptors (Lipinski definition) is 3. The monoisotopic (exact) mass is 316 g/mol. The molecule has 0 bridgehead atoms. The summed E-state index contributed by atoms with van der Waals surface area (Å²) in [6.07, 6.45) is 14.3. The topological polar surface area (TPSA) is 46.5 Å². The fourth-order valence-corrected chi connectivity index (χ4v) is 1.96. The summed E-state index contributed by atoms with van der Waals surface area (Å²) in [5, 5.41) is 8.95. The average molecular weight is 317 g/mol. The van der Waals surface area contributed by atoms with E-state index in [4.69, 9.17) is 9.84 Å². The van der Waals surface area contributed by atoms with Crippen LogP contribution in [0.1, 0.15) is 105 Å². The van der Waals surface area contributed by atoms with Crippen LogP contribution < -0.4 is 0 Å². The first-order chi connectivity index (χ1) is 10.6. The Hall–Kier alpha value is -0.570. The van der Waals surface area contributed by atoms with Gasteiger partial charge in [0.1, 0.15) is 0 Å². The van der Waals surface area contributed by atoms with Crippen molar-refractivity contribution in [2.24, 2.45) is 0 Å². The third-order valence-electron chi connectivity index (χ3n) is 3.61. The molecule has 0 fully saturated rings. The zero-order chi connectivity index (χ0) is 17.1.